The third kappa shape index (κ3) is 5.36. The molecule has 2 heterocycles. The Morgan fingerprint density at radius 2 is 1.69 bits per heavy atom. The number of sulfonamides is 1. The van der Waals surface area contributed by atoms with Crippen LogP contribution in [0.15, 0.2) is 59.5 Å². The molecule has 1 aliphatic carbocycles. The summed E-state index contributed by atoms with van der Waals surface area (Å²) >= 11 is 0. The van der Waals surface area contributed by atoms with Crippen molar-refractivity contribution in [2.24, 2.45) is 5.14 Å². The number of rotatable bonds is 7. The number of nitrogens with zero attached hydrogens (tertiary/aromatic N) is 3. The van der Waals surface area contributed by atoms with E-state index in [1.165, 1.54) is 30.3 Å². The van der Waals surface area contributed by atoms with Crippen LogP contribution in [0.4, 0.5) is 29.3 Å². The molecule has 0 amide bonds. The first-order chi connectivity index (χ1) is 18.3. The second-order valence-electron chi connectivity index (χ2n) is 9.61. The first-order valence-corrected chi connectivity index (χ1v) is 13.5. The molecule has 1 fully saturated rings. The number of nitrogens with two attached hydrogens (primary N) is 1. The van der Waals surface area contributed by atoms with Crippen LogP contribution in [0.1, 0.15) is 36.9 Å². The maximum Gasteiger partial charge on any atom is 0.411 e. The predicted molar refractivity (Wildman–Crippen MR) is 139 cm³/mol. The number of nitrogens with one attached hydrogen (secondary N) is 2. The first kappa shape index (κ1) is 26.8. The summed E-state index contributed by atoms with van der Waals surface area (Å²) in [5.41, 5.74) is 0.470. The van der Waals surface area contributed by atoms with E-state index in [1.54, 1.807) is 38.1 Å². The zero-order chi connectivity index (χ0) is 28.2. The van der Waals surface area contributed by atoms with Crippen LogP contribution >= 0.6 is 0 Å². The summed E-state index contributed by atoms with van der Waals surface area (Å²) in [5.74, 6) is -0.459. The van der Waals surface area contributed by atoms with E-state index in [4.69, 9.17) is 5.14 Å². The third-order valence-corrected chi connectivity index (χ3v) is 7.75. The van der Waals surface area contributed by atoms with Gasteiger partial charge < -0.3 is 10.6 Å². The third-order valence-electron chi connectivity index (χ3n) is 6.68. The molecule has 0 spiro atoms. The van der Waals surface area contributed by atoms with Gasteiger partial charge >= 0.3 is 6.18 Å². The summed E-state index contributed by atoms with van der Waals surface area (Å²) in [6.45, 7) is 3.39. The molecule has 1 saturated carbocycles. The second kappa shape index (κ2) is 9.42. The molecule has 204 valence electrons. The minimum Gasteiger partial charge on any atom is -0.354 e. The quantitative estimate of drug-likeness (QED) is 0.256. The summed E-state index contributed by atoms with van der Waals surface area (Å²) in [7, 11) is -3.88. The normalized spacial score (nSPS) is 15.7. The van der Waals surface area contributed by atoms with Crippen LogP contribution in [-0.4, -0.2) is 35.1 Å². The van der Waals surface area contributed by atoms with Crippen LogP contribution in [0.5, 0.6) is 0 Å². The van der Waals surface area contributed by atoms with Gasteiger partial charge in [-0.3, -0.25) is 0 Å². The van der Waals surface area contributed by atoms with Gasteiger partial charge in [-0.2, -0.15) is 18.2 Å². The molecule has 1 aliphatic rings. The molecule has 2 aromatic carbocycles. The molecule has 13 heteroatoms. The number of aromatic nitrogens is 3. The number of alkyl halides is 3. The van der Waals surface area contributed by atoms with Crippen molar-refractivity contribution in [3.8, 4) is 11.3 Å². The summed E-state index contributed by atoms with van der Waals surface area (Å²) in [4.78, 5) is 13.3. The van der Waals surface area contributed by atoms with Crippen LogP contribution < -0.4 is 15.8 Å². The van der Waals surface area contributed by atoms with E-state index in [1.807, 2.05) is 0 Å². The second-order valence-corrected chi connectivity index (χ2v) is 11.1. The van der Waals surface area contributed by atoms with Gasteiger partial charge in [0.2, 0.25) is 16.0 Å². The molecule has 4 aromatic rings. The van der Waals surface area contributed by atoms with E-state index >= 15 is 0 Å². The Morgan fingerprint density at radius 3 is 2.28 bits per heavy atom. The lowest BCUT2D eigenvalue weighted by Gasteiger charge is -2.23. The van der Waals surface area contributed by atoms with E-state index in [2.05, 4.69) is 25.6 Å². The number of anilines is 2. The van der Waals surface area contributed by atoms with Gasteiger partial charge in [0.1, 0.15) is 16.9 Å². The average molecular weight is 561 g/mol. The zero-order valence-corrected chi connectivity index (χ0v) is 21.7. The van der Waals surface area contributed by atoms with Gasteiger partial charge in [-0.1, -0.05) is 12.1 Å². The van der Waals surface area contributed by atoms with E-state index in [9.17, 15) is 26.0 Å². The number of pyridine rings is 1. The highest BCUT2D eigenvalue weighted by molar-refractivity contribution is 7.89. The molecule has 0 saturated heterocycles. The molecular weight excluding hydrogens is 536 g/mol. The van der Waals surface area contributed by atoms with Gasteiger partial charge in [-0.15, -0.1) is 0 Å². The maximum absolute atomic E-state index is 13.8. The summed E-state index contributed by atoms with van der Waals surface area (Å²) in [5, 5.41) is 10.9. The molecule has 39 heavy (non-hydrogen) atoms. The monoisotopic (exact) mass is 560 g/mol. The molecule has 1 atom stereocenters. The lowest BCUT2D eigenvalue weighted by Crippen LogP contribution is -2.39. The number of benzene rings is 2. The lowest BCUT2D eigenvalue weighted by atomic mass is 10.1. The highest BCUT2D eigenvalue weighted by Gasteiger charge is 2.64. The fourth-order valence-corrected chi connectivity index (χ4v) is 5.08. The van der Waals surface area contributed by atoms with E-state index in [-0.39, 0.29) is 35.0 Å². The Kier molecular flexibility index (Phi) is 6.46. The van der Waals surface area contributed by atoms with E-state index in [0.717, 1.165) is 0 Å². The molecule has 8 nitrogen and oxygen atoms in total. The number of fused-ring (bicyclic) bond motifs is 1. The Labute approximate surface area is 221 Å². The maximum atomic E-state index is 13.8. The Hall–Kier alpha value is -3.84. The van der Waals surface area contributed by atoms with Gasteiger partial charge in [-0.05, 0) is 80.3 Å². The van der Waals surface area contributed by atoms with Crippen molar-refractivity contribution in [2.75, 3.05) is 10.6 Å². The molecule has 4 N–H and O–H groups in total. The smallest absolute Gasteiger partial charge is 0.354 e. The summed E-state index contributed by atoms with van der Waals surface area (Å²) in [6.07, 6.45) is -4.70. The number of hydrogen-bond donors (Lipinski definition) is 3. The zero-order valence-electron chi connectivity index (χ0n) is 20.8. The minimum atomic E-state index is -4.50. The fraction of sp³-hybridized carbons (Fsp3) is 0.269. The van der Waals surface area contributed by atoms with Crippen LogP contribution in [0.25, 0.3) is 22.3 Å². The number of halogens is 4. The van der Waals surface area contributed by atoms with Crippen molar-refractivity contribution in [1.82, 2.24) is 15.0 Å². The standard InChI is InChI=1S/C26H24F4N6O2S/c1-14-13-17(5-10-21(14)39(31,37)38)15(2)32-24-34-20-9-8-19(16-3-6-18(27)7-4-16)33-22(20)23(35-24)36-25(11-12-25)26(28,29)30/h3-10,13,15H,11-12H2,1-2H3,(H2,31,37,38)(H2,32,34,35,36)/t15-/m1/s1. The summed E-state index contributed by atoms with van der Waals surface area (Å²) < 4.78 is 78.3. The van der Waals surface area contributed by atoms with Crippen molar-refractivity contribution < 1.29 is 26.0 Å². The van der Waals surface area contributed by atoms with Crippen LogP contribution in [0, 0.1) is 12.7 Å². The number of hydrogen-bond acceptors (Lipinski definition) is 7. The Bertz CT molecular complexity index is 1670. The SMILES string of the molecule is Cc1cc([C@@H](C)Nc2nc(NC3(C(F)(F)F)CC3)c3nc(-c4ccc(F)cc4)ccc3n2)ccc1S(N)(=O)=O. The lowest BCUT2D eigenvalue weighted by molar-refractivity contribution is -0.151. The molecule has 2 aromatic heterocycles. The van der Waals surface area contributed by atoms with Gasteiger partial charge in [-0.25, -0.2) is 27.9 Å². The predicted octanol–water partition coefficient (Wildman–Crippen LogP) is 5.47. The van der Waals surface area contributed by atoms with Gasteiger partial charge in [0.25, 0.3) is 0 Å². The van der Waals surface area contributed by atoms with Gasteiger partial charge in [0.15, 0.2) is 5.82 Å². The summed E-state index contributed by atoms with van der Waals surface area (Å²) in [6, 6.07) is 13.0. The first-order valence-electron chi connectivity index (χ1n) is 12.0. The Morgan fingerprint density at radius 1 is 1.00 bits per heavy atom. The molecule has 0 radical (unpaired) electrons. The number of primary sulfonamides is 1. The van der Waals surface area contributed by atoms with E-state index in [0.29, 0.717) is 27.9 Å². The van der Waals surface area contributed by atoms with Gasteiger partial charge in [0.05, 0.1) is 22.1 Å². The molecule has 0 unspecified atom stereocenters. The highest BCUT2D eigenvalue weighted by atomic mass is 32.2. The van der Waals surface area contributed by atoms with Crippen molar-refractivity contribution in [1.29, 1.82) is 0 Å². The average Bonchev–Trinajstić information content (AvgIpc) is 3.64. The number of aryl methyl sites for hydroxylation is 1. The van der Waals surface area contributed by atoms with Crippen molar-refractivity contribution in [3.63, 3.8) is 0 Å². The molecule has 5 rings (SSSR count). The largest absolute Gasteiger partial charge is 0.411 e. The molecule has 0 bridgehead atoms. The Balaban J connectivity index is 1.54. The van der Waals surface area contributed by atoms with Crippen molar-refractivity contribution in [3.05, 3.63) is 71.5 Å². The van der Waals surface area contributed by atoms with Crippen molar-refractivity contribution in [2.45, 2.75) is 49.3 Å². The van der Waals surface area contributed by atoms with Crippen LogP contribution in [0.2, 0.25) is 0 Å². The fourth-order valence-electron chi connectivity index (χ4n) is 4.32. The van der Waals surface area contributed by atoms with Crippen molar-refractivity contribution >= 4 is 32.8 Å². The minimum absolute atomic E-state index is 0.00296. The molecular formula is C26H24F4N6O2S. The van der Waals surface area contributed by atoms with Crippen LogP contribution in [-0.2, 0) is 10.0 Å². The van der Waals surface area contributed by atoms with Crippen LogP contribution in [0.3, 0.4) is 0 Å². The topological polar surface area (TPSA) is 123 Å². The van der Waals surface area contributed by atoms with Gasteiger partial charge in [0, 0.05) is 5.56 Å². The highest BCUT2D eigenvalue weighted by Crippen LogP contribution is 2.51. The van der Waals surface area contributed by atoms with E-state index < -0.39 is 33.6 Å². The molecule has 0 aliphatic heterocycles.